The smallest absolute Gasteiger partial charge is 0.0661 e. The summed E-state index contributed by atoms with van der Waals surface area (Å²) in [5.41, 5.74) is -0.565. The lowest BCUT2D eigenvalue weighted by Gasteiger charge is -2.37. The van der Waals surface area contributed by atoms with Gasteiger partial charge in [-0.05, 0) is 5.41 Å². The summed E-state index contributed by atoms with van der Waals surface area (Å²) < 4.78 is 0. The minimum atomic E-state index is -0.472. The quantitative estimate of drug-likeness (QED) is 0.641. The molecule has 0 aromatic carbocycles. The maximum absolute atomic E-state index is 9.75. The second kappa shape index (κ2) is 3.11. The van der Waals surface area contributed by atoms with Gasteiger partial charge in [0.15, 0.2) is 0 Å². The maximum atomic E-state index is 9.75. The molecule has 2 heteroatoms. The number of hydrogen-bond donors (Lipinski definition) is 2. The Morgan fingerprint density at radius 2 is 1.45 bits per heavy atom. The highest BCUT2D eigenvalue weighted by molar-refractivity contribution is 4.85. The summed E-state index contributed by atoms with van der Waals surface area (Å²) in [5.74, 6) is 0. The summed E-state index contributed by atoms with van der Waals surface area (Å²) >= 11 is 0. The summed E-state index contributed by atoms with van der Waals surface area (Å²) in [6, 6.07) is 0. The van der Waals surface area contributed by atoms with Crippen LogP contribution in [-0.4, -0.2) is 22.9 Å². The fourth-order valence-electron chi connectivity index (χ4n) is 1.26. The Labute approximate surface area is 69.2 Å². The van der Waals surface area contributed by atoms with Crippen molar-refractivity contribution in [1.29, 1.82) is 0 Å². The third-order valence-corrected chi connectivity index (χ3v) is 1.97. The topological polar surface area (TPSA) is 40.5 Å². The van der Waals surface area contributed by atoms with Gasteiger partial charge in [0.25, 0.3) is 0 Å². The van der Waals surface area contributed by atoms with E-state index >= 15 is 0 Å². The molecule has 0 heterocycles. The van der Waals surface area contributed by atoms with Crippen molar-refractivity contribution in [2.45, 2.75) is 40.7 Å². The van der Waals surface area contributed by atoms with Crippen LogP contribution in [0.4, 0.5) is 0 Å². The van der Waals surface area contributed by atoms with Gasteiger partial charge in [-0.1, -0.05) is 34.6 Å². The minimum Gasteiger partial charge on any atom is -0.396 e. The molecule has 0 aliphatic carbocycles. The largest absolute Gasteiger partial charge is 0.396 e. The van der Waals surface area contributed by atoms with Crippen LogP contribution in [0.3, 0.4) is 0 Å². The first-order valence-corrected chi connectivity index (χ1v) is 4.01. The fourth-order valence-corrected chi connectivity index (χ4v) is 1.26. The maximum Gasteiger partial charge on any atom is 0.0661 e. The van der Waals surface area contributed by atoms with E-state index in [1.807, 2.05) is 34.6 Å². The van der Waals surface area contributed by atoms with Crippen molar-refractivity contribution in [3.05, 3.63) is 0 Å². The minimum absolute atomic E-state index is 0.0193. The fraction of sp³-hybridized carbons (Fsp3) is 1.00. The van der Waals surface area contributed by atoms with Crippen LogP contribution in [0.5, 0.6) is 0 Å². The van der Waals surface area contributed by atoms with Crippen molar-refractivity contribution < 1.29 is 10.2 Å². The van der Waals surface area contributed by atoms with Crippen LogP contribution in [0.15, 0.2) is 0 Å². The van der Waals surface area contributed by atoms with E-state index in [0.29, 0.717) is 0 Å². The van der Waals surface area contributed by atoms with E-state index in [0.717, 1.165) is 0 Å². The molecular weight excluding hydrogens is 140 g/mol. The predicted octanol–water partition coefficient (Wildman–Crippen LogP) is 1.41. The van der Waals surface area contributed by atoms with Gasteiger partial charge in [-0.2, -0.15) is 0 Å². The summed E-state index contributed by atoms with van der Waals surface area (Å²) in [5, 5.41) is 18.7. The molecule has 1 unspecified atom stereocenters. The Morgan fingerprint density at radius 3 is 1.55 bits per heavy atom. The van der Waals surface area contributed by atoms with E-state index in [-0.39, 0.29) is 12.0 Å². The normalized spacial score (nSPS) is 16.6. The van der Waals surface area contributed by atoms with Crippen molar-refractivity contribution in [2.75, 3.05) is 6.61 Å². The average Bonchev–Trinajstić information content (AvgIpc) is 1.84. The lowest BCUT2D eigenvalue weighted by Crippen LogP contribution is -2.42. The summed E-state index contributed by atoms with van der Waals surface area (Å²) in [6.45, 7) is 9.65. The van der Waals surface area contributed by atoms with Gasteiger partial charge in [-0.15, -0.1) is 0 Å². The molecule has 2 nitrogen and oxygen atoms in total. The lowest BCUT2D eigenvalue weighted by atomic mass is 9.73. The van der Waals surface area contributed by atoms with E-state index in [4.69, 9.17) is 5.11 Å². The van der Waals surface area contributed by atoms with Crippen molar-refractivity contribution >= 4 is 0 Å². The zero-order valence-electron chi connectivity index (χ0n) is 8.18. The van der Waals surface area contributed by atoms with E-state index in [1.165, 1.54) is 0 Å². The summed E-state index contributed by atoms with van der Waals surface area (Å²) in [6.07, 6.45) is -0.472. The van der Waals surface area contributed by atoms with Gasteiger partial charge >= 0.3 is 0 Å². The van der Waals surface area contributed by atoms with Crippen LogP contribution in [0, 0.1) is 10.8 Å². The number of hydrogen-bond acceptors (Lipinski definition) is 2. The molecule has 0 saturated heterocycles. The van der Waals surface area contributed by atoms with Crippen LogP contribution in [0.1, 0.15) is 34.6 Å². The van der Waals surface area contributed by atoms with Gasteiger partial charge in [-0.3, -0.25) is 0 Å². The first-order valence-electron chi connectivity index (χ1n) is 4.01. The number of rotatable bonds is 2. The van der Waals surface area contributed by atoms with Crippen LogP contribution in [-0.2, 0) is 0 Å². The molecular formula is C9H20O2. The number of aliphatic hydroxyl groups excluding tert-OH is 2. The molecule has 0 fully saturated rings. The highest BCUT2D eigenvalue weighted by atomic mass is 16.3. The van der Waals surface area contributed by atoms with Crippen molar-refractivity contribution in [3.8, 4) is 0 Å². The second-order valence-corrected chi connectivity index (χ2v) is 4.92. The lowest BCUT2D eigenvalue weighted by molar-refractivity contribution is -0.0571. The van der Waals surface area contributed by atoms with Gasteiger partial charge in [0.1, 0.15) is 0 Å². The van der Waals surface area contributed by atoms with Crippen LogP contribution in [0.25, 0.3) is 0 Å². The molecule has 0 saturated carbocycles. The van der Waals surface area contributed by atoms with E-state index in [2.05, 4.69) is 0 Å². The molecule has 68 valence electrons. The third kappa shape index (κ3) is 2.80. The van der Waals surface area contributed by atoms with Gasteiger partial charge in [0.2, 0.25) is 0 Å². The monoisotopic (exact) mass is 160 g/mol. The van der Waals surface area contributed by atoms with Crippen molar-refractivity contribution in [1.82, 2.24) is 0 Å². The van der Waals surface area contributed by atoms with Crippen LogP contribution in [0.2, 0.25) is 0 Å². The van der Waals surface area contributed by atoms with Gasteiger partial charge < -0.3 is 10.2 Å². The van der Waals surface area contributed by atoms with Crippen molar-refractivity contribution in [3.63, 3.8) is 0 Å². The molecule has 0 bridgehead atoms. The Kier molecular flexibility index (Phi) is 3.09. The zero-order valence-corrected chi connectivity index (χ0v) is 8.18. The Bertz CT molecular complexity index is 122. The Morgan fingerprint density at radius 1 is 1.09 bits per heavy atom. The molecule has 0 aromatic heterocycles. The molecule has 0 spiro atoms. The van der Waals surface area contributed by atoms with E-state index in [1.54, 1.807) is 0 Å². The third-order valence-electron chi connectivity index (χ3n) is 1.97. The zero-order chi connectivity index (χ0) is 9.28. The SMILES string of the molecule is CC(C)(C)C(O)C(C)(C)CO. The summed E-state index contributed by atoms with van der Waals surface area (Å²) in [4.78, 5) is 0. The average molecular weight is 160 g/mol. The van der Waals surface area contributed by atoms with E-state index in [9.17, 15) is 5.11 Å². The Balaban J connectivity index is 4.35. The van der Waals surface area contributed by atoms with Crippen molar-refractivity contribution in [2.24, 2.45) is 10.8 Å². The molecule has 0 aromatic rings. The molecule has 1 atom stereocenters. The molecule has 0 amide bonds. The molecule has 0 radical (unpaired) electrons. The highest BCUT2D eigenvalue weighted by Gasteiger charge is 2.35. The summed E-state index contributed by atoms with van der Waals surface area (Å²) in [7, 11) is 0. The molecule has 11 heavy (non-hydrogen) atoms. The highest BCUT2D eigenvalue weighted by Crippen LogP contribution is 2.32. The predicted molar refractivity (Wildman–Crippen MR) is 46.3 cm³/mol. The van der Waals surface area contributed by atoms with Gasteiger partial charge in [0, 0.05) is 5.41 Å². The molecule has 2 N–H and O–H groups in total. The molecule has 0 aliphatic heterocycles. The first kappa shape index (κ1) is 10.9. The van der Waals surface area contributed by atoms with Crippen LogP contribution < -0.4 is 0 Å². The second-order valence-electron chi connectivity index (χ2n) is 4.92. The molecule has 0 aliphatic rings. The number of aliphatic hydroxyl groups is 2. The Hall–Kier alpha value is -0.0800. The van der Waals surface area contributed by atoms with E-state index < -0.39 is 11.5 Å². The first-order chi connectivity index (χ1) is 4.72. The van der Waals surface area contributed by atoms with Gasteiger partial charge in [0.05, 0.1) is 12.7 Å². The van der Waals surface area contributed by atoms with Gasteiger partial charge in [-0.25, -0.2) is 0 Å². The standard InChI is InChI=1S/C9H20O2/c1-8(2,3)7(11)9(4,5)6-10/h7,10-11H,6H2,1-5H3. The molecule has 0 rings (SSSR count). The van der Waals surface area contributed by atoms with Crippen LogP contribution >= 0.6 is 0 Å².